The van der Waals surface area contributed by atoms with Crippen LogP contribution < -0.4 is 10.1 Å². The highest BCUT2D eigenvalue weighted by molar-refractivity contribution is 5.84. The number of amides is 1. The minimum absolute atomic E-state index is 0.0266. The van der Waals surface area contributed by atoms with Gasteiger partial charge >= 0.3 is 6.18 Å². The van der Waals surface area contributed by atoms with Gasteiger partial charge in [0.25, 0.3) is 0 Å². The van der Waals surface area contributed by atoms with Crippen LogP contribution in [0.4, 0.5) is 23.4 Å². The molecule has 1 spiro atoms. The van der Waals surface area contributed by atoms with E-state index in [1.54, 1.807) is 24.8 Å². The Kier molecular flexibility index (Phi) is 6.71. The molecule has 208 valence electrons. The van der Waals surface area contributed by atoms with Crippen molar-refractivity contribution in [3.8, 4) is 17.3 Å². The van der Waals surface area contributed by atoms with Gasteiger partial charge in [0.2, 0.25) is 17.6 Å². The largest absolute Gasteiger partial charge is 0.481 e. The normalized spacial score (nSPS) is 19.9. The Morgan fingerprint density at radius 3 is 2.69 bits per heavy atom. The van der Waals surface area contributed by atoms with E-state index in [-0.39, 0.29) is 23.2 Å². The Morgan fingerprint density at radius 1 is 1.23 bits per heavy atom. The second kappa shape index (κ2) is 9.76. The molecule has 13 heteroatoms. The maximum Gasteiger partial charge on any atom is 0.451 e. The van der Waals surface area contributed by atoms with Gasteiger partial charge in [-0.3, -0.25) is 4.79 Å². The number of aryl methyl sites for hydroxylation is 3. The van der Waals surface area contributed by atoms with E-state index in [1.807, 2.05) is 0 Å². The third kappa shape index (κ3) is 5.01. The first-order valence-electron chi connectivity index (χ1n) is 12.7. The Labute approximate surface area is 222 Å². The number of anilines is 1. The first kappa shape index (κ1) is 26.8. The Balaban J connectivity index is 1.36. The highest BCUT2D eigenvalue weighted by Crippen LogP contribution is 2.39. The van der Waals surface area contributed by atoms with Gasteiger partial charge in [0.1, 0.15) is 11.6 Å². The third-order valence-electron chi connectivity index (χ3n) is 7.60. The van der Waals surface area contributed by atoms with Crippen LogP contribution in [0.1, 0.15) is 54.7 Å². The fourth-order valence-electron chi connectivity index (χ4n) is 5.52. The molecule has 3 aromatic rings. The van der Waals surface area contributed by atoms with Gasteiger partial charge in [-0.05, 0) is 51.2 Å². The van der Waals surface area contributed by atoms with Crippen molar-refractivity contribution < 1.29 is 27.1 Å². The fraction of sp³-hybridized carbons (Fsp3) is 0.500. The molecule has 0 unspecified atom stereocenters. The minimum Gasteiger partial charge on any atom is -0.481 e. The van der Waals surface area contributed by atoms with E-state index < -0.39 is 29.3 Å². The molecule has 0 aliphatic carbocycles. The zero-order chi connectivity index (χ0) is 28.1. The maximum absolute atomic E-state index is 14.5. The number of likely N-dealkylation sites (tertiary alicyclic amines) is 1. The molecule has 39 heavy (non-hydrogen) atoms. The molecule has 2 aliphatic heterocycles. The molecule has 2 atom stereocenters. The Morgan fingerprint density at radius 2 is 2.00 bits per heavy atom. The fourth-order valence-corrected chi connectivity index (χ4v) is 5.52. The van der Waals surface area contributed by atoms with Crippen molar-refractivity contribution in [1.82, 2.24) is 29.6 Å². The summed E-state index contributed by atoms with van der Waals surface area (Å²) in [5.41, 5.74) is 1.61. The van der Waals surface area contributed by atoms with Gasteiger partial charge in [0.05, 0.1) is 30.5 Å². The number of rotatable bonds is 4. The van der Waals surface area contributed by atoms with Crippen LogP contribution in [0.2, 0.25) is 0 Å². The molecular formula is C26H29F4N7O2. The summed E-state index contributed by atoms with van der Waals surface area (Å²) in [6.45, 7) is 4.37. The molecule has 5 rings (SSSR count). The Bertz CT molecular complexity index is 1420. The number of ether oxygens (including phenoxy) is 1. The van der Waals surface area contributed by atoms with E-state index in [2.05, 4.69) is 25.4 Å². The number of nitrogens with one attached hydrogen (secondary N) is 1. The number of hydrogen-bond donors (Lipinski definition) is 1. The molecular weight excluding hydrogens is 518 g/mol. The summed E-state index contributed by atoms with van der Waals surface area (Å²) in [5, 5.41) is 7.50. The second-order valence-electron chi connectivity index (χ2n) is 10.2. The maximum atomic E-state index is 14.5. The summed E-state index contributed by atoms with van der Waals surface area (Å²) in [7, 11) is 2.64. The number of hydrogen-bond acceptors (Lipinski definition) is 7. The van der Waals surface area contributed by atoms with E-state index in [9.17, 15) is 22.4 Å². The van der Waals surface area contributed by atoms with Gasteiger partial charge in [-0.1, -0.05) is 0 Å². The van der Waals surface area contributed by atoms with E-state index in [0.717, 1.165) is 29.3 Å². The number of halogens is 4. The van der Waals surface area contributed by atoms with Gasteiger partial charge in [0, 0.05) is 37.3 Å². The number of pyridine rings is 2. The number of carbonyl (C=O) groups is 1. The Hall–Kier alpha value is -3.77. The van der Waals surface area contributed by atoms with Crippen LogP contribution in [0.25, 0.3) is 11.4 Å². The van der Waals surface area contributed by atoms with Crippen molar-refractivity contribution >= 4 is 11.7 Å². The summed E-state index contributed by atoms with van der Waals surface area (Å²) in [5.74, 6) is -1.68. The predicted molar refractivity (Wildman–Crippen MR) is 134 cm³/mol. The van der Waals surface area contributed by atoms with E-state index in [4.69, 9.17) is 4.74 Å². The second-order valence-corrected chi connectivity index (χ2v) is 10.2. The zero-order valence-electron chi connectivity index (χ0n) is 22.1. The van der Waals surface area contributed by atoms with Crippen LogP contribution in [0.3, 0.4) is 0 Å². The number of piperidine rings is 1. The molecule has 1 N–H and O–H groups in total. The van der Waals surface area contributed by atoms with E-state index >= 15 is 0 Å². The standard InChI is InChI=1S/C26H29F4N7O2/c1-14(17-11-20(39-4)31-12-19(17)27)23(38)37-9-5-7-25(13-37)8-6-16-10-18(15(2)32-21(16)34-25)22-33-24(26(28,29)30)36(3)35-22/h10-12,14H,5-9,13H2,1-4H3,(H,32,34)/t14-,25-/m1/s1. The molecule has 1 fully saturated rings. The summed E-state index contributed by atoms with van der Waals surface area (Å²) >= 11 is 0. The lowest BCUT2D eigenvalue weighted by Gasteiger charge is -2.47. The van der Waals surface area contributed by atoms with Crippen molar-refractivity contribution in [2.75, 3.05) is 25.5 Å². The molecule has 0 saturated carbocycles. The average Bonchev–Trinajstić information content (AvgIpc) is 3.29. The van der Waals surface area contributed by atoms with Crippen LogP contribution in [-0.2, 0) is 24.4 Å². The molecule has 2 aliphatic rings. The minimum atomic E-state index is -4.61. The molecule has 0 aromatic carbocycles. The summed E-state index contributed by atoms with van der Waals surface area (Å²) in [6, 6.07) is 3.24. The summed E-state index contributed by atoms with van der Waals surface area (Å²) < 4.78 is 60.0. The average molecular weight is 548 g/mol. The van der Waals surface area contributed by atoms with Gasteiger partial charge < -0.3 is 15.0 Å². The molecule has 5 heterocycles. The number of nitrogens with zero attached hydrogens (tertiary/aromatic N) is 6. The number of carbonyl (C=O) groups excluding carboxylic acids is 1. The van der Waals surface area contributed by atoms with Crippen molar-refractivity contribution in [3.63, 3.8) is 0 Å². The lowest BCUT2D eigenvalue weighted by Crippen LogP contribution is -2.56. The van der Waals surface area contributed by atoms with Crippen molar-refractivity contribution in [2.24, 2.45) is 7.05 Å². The van der Waals surface area contributed by atoms with Gasteiger partial charge in [-0.25, -0.2) is 24.0 Å². The van der Waals surface area contributed by atoms with Crippen molar-refractivity contribution in [2.45, 2.75) is 57.2 Å². The third-order valence-corrected chi connectivity index (χ3v) is 7.60. The molecule has 0 radical (unpaired) electrons. The lowest BCUT2D eigenvalue weighted by molar-refractivity contribution is -0.147. The number of alkyl halides is 3. The zero-order valence-corrected chi connectivity index (χ0v) is 22.1. The smallest absolute Gasteiger partial charge is 0.451 e. The SMILES string of the molecule is COc1cc([C@@H](C)C(=O)N2CCC[C@@]3(CCc4cc(-c5nc(C(F)(F)F)n(C)n5)c(C)nc4N3)C2)c(F)cn1. The van der Waals surface area contributed by atoms with E-state index in [1.165, 1.54) is 20.2 Å². The van der Waals surface area contributed by atoms with Crippen LogP contribution in [0.5, 0.6) is 5.88 Å². The predicted octanol–water partition coefficient (Wildman–Crippen LogP) is 4.27. The quantitative estimate of drug-likeness (QED) is 0.487. The van der Waals surface area contributed by atoms with Crippen LogP contribution in [0.15, 0.2) is 18.3 Å². The number of methoxy groups -OCH3 is 1. The van der Waals surface area contributed by atoms with Gasteiger partial charge in [0.15, 0.2) is 5.82 Å². The monoisotopic (exact) mass is 547 g/mol. The molecule has 1 saturated heterocycles. The first-order valence-corrected chi connectivity index (χ1v) is 12.7. The first-order chi connectivity index (χ1) is 18.4. The van der Waals surface area contributed by atoms with Crippen LogP contribution >= 0.6 is 0 Å². The number of aromatic nitrogens is 5. The van der Waals surface area contributed by atoms with Gasteiger partial charge in [-0.15, -0.1) is 0 Å². The molecule has 0 bridgehead atoms. The topological polar surface area (TPSA) is 98.1 Å². The lowest BCUT2D eigenvalue weighted by atomic mass is 9.80. The number of fused-ring (bicyclic) bond motifs is 1. The van der Waals surface area contributed by atoms with Crippen molar-refractivity contribution in [1.29, 1.82) is 0 Å². The van der Waals surface area contributed by atoms with Crippen LogP contribution in [0, 0.1) is 12.7 Å². The summed E-state index contributed by atoms with van der Waals surface area (Å²) in [4.78, 5) is 27.4. The molecule has 3 aromatic heterocycles. The highest BCUT2D eigenvalue weighted by atomic mass is 19.4. The van der Waals surface area contributed by atoms with Crippen molar-refractivity contribution in [3.05, 3.63) is 46.8 Å². The summed E-state index contributed by atoms with van der Waals surface area (Å²) in [6.07, 6.45) is -0.652. The highest BCUT2D eigenvalue weighted by Gasteiger charge is 2.42. The van der Waals surface area contributed by atoms with E-state index in [0.29, 0.717) is 43.0 Å². The van der Waals surface area contributed by atoms with Gasteiger partial charge in [-0.2, -0.15) is 18.3 Å². The molecule has 1 amide bonds. The molecule has 9 nitrogen and oxygen atoms in total. The van der Waals surface area contributed by atoms with Crippen LogP contribution in [-0.4, -0.2) is 61.3 Å².